The number of imidazole rings is 1. The van der Waals surface area contributed by atoms with Crippen molar-refractivity contribution in [3.05, 3.63) is 84.6 Å². The van der Waals surface area contributed by atoms with E-state index in [1.807, 2.05) is 0 Å². The summed E-state index contributed by atoms with van der Waals surface area (Å²) in [7, 11) is 0. The Morgan fingerprint density at radius 3 is 2.40 bits per heavy atom. The summed E-state index contributed by atoms with van der Waals surface area (Å²) in [6.45, 7) is -1.50. The van der Waals surface area contributed by atoms with Gasteiger partial charge in [0.2, 0.25) is 0 Å². The number of para-hydroxylation sites is 1. The van der Waals surface area contributed by atoms with E-state index in [0.717, 1.165) is 6.20 Å². The molecule has 0 aliphatic heterocycles. The topological polar surface area (TPSA) is 71.7 Å². The van der Waals surface area contributed by atoms with E-state index in [4.69, 9.17) is 4.74 Å². The van der Waals surface area contributed by atoms with Gasteiger partial charge in [-0.15, -0.1) is 0 Å². The normalized spacial score (nSPS) is 14.1. The first-order valence-electron chi connectivity index (χ1n) is 10.2. The van der Waals surface area contributed by atoms with Gasteiger partial charge in [-0.3, -0.25) is 10.3 Å². The molecule has 0 saturated heterocycles. The first-order chi connectivity index (χ1) is 16.5. The highest BCUT2D eigenvalue weighted by Gasteiger charge is 2.42. The molecule has 0 bridgehead atoms. The molecule has 4 aromatic rings. The molecule has 35 heavy (non-hydrogen) atoms. The largest absolute Gasteiger partial charge is 0.483 e. The second kappa shape index (κ2) is 9.55. The molecule has 0 aliphatic rings. The molecule has 2 N–H and O–H groups in total. The van der Waals surface area contributed by atoms with Gasteiger partial charge in [-0.1, -0.05) is 24.3 Å². The number of ether oxygens (including phenoxy) is 1. The van der Waals surface area contributed by atoms with Gasteiger partial charge < -0.3 is 14.2 Å². The Kier molecular flexibility index (Phi) is 6.68. The smallest absolute Gasteiger partial charge is 0.422 e. The Balaban J connectivity index is 1.67. The van der Waals surface area contributed by atoms with E-state index in [0.29, 0.717) is 11.1 Å². The van der Waals surface area contributed by atoms with Gasteiger partial charge in [-0.05, 0) is 29.8 Å². The third kappa shape index (κ3) is 5.72. The van der Waals surface area contributed by atoms with E-state index >= 15 is 0 Å². The van der Waals surface area contributed by atoms with Crippen LogP contribution in [0.3, 0.4) is 0 Å². The zero-order chi connectivity index (χ0) is 25.2. The monoisotopic (exact) mass is 496 g/mol. The number of aromatic nitrogens is 3. The Morgan fingerprint density at radius 2 is 1.71 bits per heavy atom. The number of nitrogens with one attached hydrogen (secondary N) is 1. The maximum atomic E-state index is 13.7. The van der Waals surface area contributed by atoms with Crippen LogP contribution in [0.15, 0.2) is 73.3 Å². The van der Waals surface area contributed by atoms with Crippen molar-refractivity contribution in [3.8, 4) is 16.9 Å². The molecule has 0 spiro atoms. The number of hydrogen-bond acceptors (Lipinski definition) is 5. The van der Waals surface area contributed by atoms with E-state index < -0.39 is 31.2 Å². The third-order valence-corrected chi connectivity index (χ3v) is 5.02. The fraction of sp³-hybridized carbons (Fsp3) is 0.217. The molecule has 0 saturated carbocycles. The zero-order valence-corrected chi connectivity index (χ0v) is 17.8. The molecule has 4 rings (SSSR count). The summed E-state index contributed by atoms with van der Waals surface area (Å²) >= 11 is 0. The number of fused-ring (bicyclic) bond motifs is 1. The van der Waals surface area contributed by atoms with E-state index in [-0.39, 0.29) is 22.7 Å². The van der Waals surface area contributed by atoms with Crippen molar-refractivity contribution in [1.82, 2.24) is 19.7 Å². The van der Waals surface area contributed by atoms with E-state index in [1.165, 1.54) is 47.1 Å². The average molecular weight is 496 g/mol. The number of aliphatic hydroxyl groups excluding tert-OH is 1. The SMILES string of the molecule is OC(NC(c1cccnc1)C(F)(F)F)c1cn2cccc(-c3ccccc3OCC(F)(F)F)c2n1. The molecule has 6 nitrogen and oxygen atoms in total. The van der Waals surface area contributed by atoms with Gasteiger partial charge in [0.1, 0.15) is 29.4 Å². The minimum atomic E-state index is -4.73. The highest BCUT2D eigenvalue weighted by molar-refractivity contribution is 5.81. The van der Waals surface area contributed by atoms with Crippen LogP contribution in [0.2, 0.25) is 0 Å². The number of benzene rings is 1. The number of rotatable bonds is 7. The molecule has 0 amide bonds. The summed E-state index contributed by atoms with van der Waals surface area (Å²) in [6, 6.07) is 9.53. The Hall–Kier alpha value is -3.64. The van der Waals surface area contributed by atoms with Crippen molar-refractivity contribution < 1.29 is 36.2 Å². The predicted octanol–water partition coefficient (Wildman–Crippen LogP) is 5.22. The van der Waals surface area contributed by atoms with Gasteiger partial charge in [0.25, 0.3) is 0 Å². The van der Waals surface area contributed by atoms with Crippen LogP contribution >= 0.6 is 0 Å². The Labute approximate surface area is 194 Å². The fourth-order valence-electron chi connectivity index (χ4n) is 3.52. The second-order valence-corrected chi connectivity index (χ2v) is 7.55. The molecule has 1 aromatic carbocycles. The van der Waals surface area contributed by atoms with Crippen molar-refractivity contribution >= 4 is 5.65 Å². The lowest BCUT2D eigenvalue weighted by molar-refractivity contribution is -0.166. The van der Waals surface area contributed by atoms with Crippen LogP contribution in [0.25, 0.3) is 16.8 Å². The maximum Gasteiger partial charge on any atom is 0.422 e. The molecular weight excluding hydrogens is 478 g/mol. The fourth-order valence-corrected chi connectivity index (χ4v) is 3.52. The molecule has 2 unspecified atom stereocenters. The quantitative estimate of drug-likeness (QED) is 0.271. The first-order valence-corrected chi connectivity index (χ1v) is 10.2. The van der Waals surface area contributed by atoms with Crippen LogP contribution in [-0.4, -0.2) is 38.4 Å². The molecule has 184 valence electrons. The highest BCUT2D eigenvalue weighted by atomic mass is 19.4. The van der Waals surface area contributed by atoms with Crippen molar-refractivity contribution in [2.75, 3.05) is 6.61 Å². The summed E-state index contributed by atoms with van der Waals surface area (Å²) in [5.41, 5.74) is 0.550. The van der Waals surface area contributed by atoms with Crippen LogP contribution in [0.5, 0.6) is 5.75 Å². The number of pyridine rings is 2. The van der Waals surface area contributed by atoms with Crippen LogP contribution in [0.4, 0.5) is 26.3 Å². The summed E-state index contributed by atoms with van der Waals surface area (Å²) in [5.74, 6) is -0.0464. The lowest BCUT2D eigenvalue weighted by atomic mass is 10.1. The van der Waals surface area contributed by atoms with Crippen LogP contribution in [0.1, 0.15) is 23.5 Å². The lowest BCUT2D eigenvalue weighted by Gasteiger charge is -2.24. The van der Waals surface area contributed by atoms with Crippen LogP contribution < -0.4 is 10.1 Å². The summed E-state index contributed by atoms with van der Waals surface area (Å²) in [6.07, 6.45) is -5.85. The second-order valence-electron chi connectivity index (χ2n) is 7.55. The number of hydrogen-bond donors (Lipinski definition) is 2. The molecule has 3 heterocycles. The van der Waals surface area contributed by atoms with Crippen LogP contribution in [-0.2, 0) is 0 Å². The molecule has 12 heteroatoms. The lowest BCUT2D eigenvalue weighted by Crippen LogP contribution is -2.36. The standard InChI is InChI=1S/C23H18F6N4O2/c24-22(25,26)13-35-18-8-2-1-6-15(18)16-7-4-10-33-12-17(31-20(16)33)21(34)32-19(23(27,28)29)14-5-3-9-30-11-14/h1-12,19,21,32,34H,13H2. The third-order valence-electron chi connectivity index (χ3n) is 5.02. The number of alkyl halides is 6. The van der Waals surface area contributed by atoms with E-state index in [2.05, 4.69) is 15.3 Å². The summed E-state index contributed by atoms with van der Waals surface area (Å²) < 4.78 is 85.4. The van der Waals surface area contributed by atoms with Gasteiger partial charge in [0.15, 0.2) is 6.61 Å². The molecule has 0 fully saturated rings. The van der Waals surface area contributed by atoms with E-state index in [1.54, 1.807) is 24.4 Å². The molecule has 3 aromatic heterocycles. The number of aliphatic hydroxyl groups is 1. The minimum Gasteiger partial charge on any atom is -0.483 e. The van der Waals surface area contributed by atoms with Crippen molar-refractivity contribution in [3.63, 3.8) is 0 Å². The van der Waals surface area contributed by atoms with Gasteiger partial charge >= 0.3 is 12.4 Å². The molecule has 2 atom stereocenters. The summed E-state index contributed by atoms with van der Waals surface area (Å²) in [4.78, 5) is 7.95. The van der Waals surface area contributed by atoms with Crippen LogP contribution in [0, 0.1) is 0 Å². The van der Waals surface area contributed by atoms with Gasteiger partial charge in [0.05, 0.1) is 0 Å². The molecular formula is C23H18F6N4O2. The van der Waals surface area contributed by atoms with Crippen molar-refractivity contribution in [1.29, 1.82) is 0 Å². The van der Waals surface area contributed by atoms with Crippen molar-refractivity contribution in [2.24, 2.45) is 0 Å². The molecule has 0 radical (unpaired) electrons. The maximum absolute atomic E-state index is 13.7. The average Bonchev–Trinajstić information content (AvgIpc) is 3.25. The van der Waals surface area contributed by atoms with E-state index in [9.17, 15) is 31.4 Å². The van der Waals surface area contributed by atoms with Gasteiger partial charge in [-0.2, -0.15) is 26.3 Å². The van der Waals surface area contributed by atoms with Gasteiger partial charge in [-0.25, -0.2) is 4.98 Å². The van der Waals surface area contributed by atoms with Gasteiger partial charge in [0, 0.05) is 35.9 Å². The zero-order valence-electron chi connectivity index (χ0n) is 17.8. The molecule has 0 aliphatic carbocycles. The first kappa shape index (κ1) is 24.5. The van der Waals surface area contributed by atoms with Crippen molar-refractivity contribution in [2.45, 2.75) is 24.6 Å². The minimum absolute atomic E-state index is 0.0464. The number of nitrogens with zero attached hydrogens (tertiary/aromatic N) is 3. The highest BCUT2D eigenvalue weighted by Crippen LogP contribution is 2.36. The Morgan fingerprint density at radius 1 is 0.971 bits per heavy atom. The summed E-state index contributed by atoms with van der Waals surface area (Å²) in [5, 5.41) is 12.7. The Bertz CT molecular complexity index is 1290. The number of halogens is 6. The predicted molar refractivity (Wildman–Crippen MR) is 113 cm³/mol.